The highest BCUT2D eigenvalue weighted by Crippen LogP contribution is 2.14. The summed E-state index contributed by atoms with van der Waals surface area (Å²) in [5, 5.41) is 3.79. The molecule has 4 nitrogen and oxygen atoms in total. The Morgan fingerprint density at radius 3 is 3.11 bits per heavy atom. The number of nitrogens with one attached hydrogen (secondary N) is 1. The Bertz CT molecular complexity index is 621. The molecule has 0 aliphatic carbocycles. The Kier molecular flexibility index (Phi) is 4.28. The van der Waals surface area contributed by atoms with Crippen LogP contribution in [0, 0.1) is 0 Å². The molecule has 0 spiro atoms. The molecule has 0 aliphatic heterocycles. The molecule has 0 amide bonds. The summed E-state index contributed by atoms with van der Waals surface area (Å²) in [4.78, 5) is 16.5. The van der Waals surface area contributed by atoms with Crippen LogP contribution >= 0.6 is 15.9 Å². The number of hydrogen-bond acceptors (Lipinski definition) is 3. The topological polar surface area (TPSA) is 46.9 Å². The number of fused-ring (bicyclic) bond motifs is 1. The Balaban J connectivity index is 2.27. The summed E-state index contributed by atoms with van der Waals surface area (Å²) < 4.78 is 2.50. The van der Waals surface area contributed by atoms with Crippen LogP contribution in [-0.2, 0) is 6.54 Å². The molecule has 2 aromatic rings. The molecular formula is C13H14BrN3O. The zero-order chi connectivity index (χ0) is 13.0. The van der Waals surface area contributed by atoms with Crippen LogP contribution in [0.15, 0.2) is 46.4 Å². The Labute approximate surface area is 113 Å². The van der Waals surface area contributed by atoms with Crippen LogP contribution < -0.4 is 10.9 Å². The van der Waals surface area contributed by atoms with Gasteiger partial charge in [-0.1, -0.05) is 22.0 Å². The summed E-state index contributed by atoms with van der Waals surface area (Å²) in [7, 11) is 0. The fourth-order valence-electron chi connectivity index (χ4n) is 1.69. The Morgan fingerprint density at radius 2 is 2.33 bits per heavy atom. The number of benzene rings is 1. The highest BCUT2D eigenvalue weighted by molar-refractivity contribution is 9.10. The lowest BCUT2D eigenvalue weighted by Crippen LogP contribution is -2.27. The largest absolute Gasteiger partial charge is 0.312 e. The van der Waals surface area contributed by atoms with Crippen molar-refractivity contribution in [3.63, 3.8) is 0 Å². The van der Waals surface area contributed by atoms with Crippen LogP contribution in [0.5, 0.6) is 0 Å². The summed E-state index contributed by atoms with van der Waals surface area (Å²) in [5.74, 6) is 0. The van der Waals surface area contributed by atoms with Crippen LogP contribution in [0.1, 0.15) is 0 Å². The Morgan fingerprint density at radius 1 is 1.50 bits per heavy atom. The molecule has 0 fully saturated rings. The van der Waals surface area contributed by atoms with Crippen LogP contribution in [0.3, 0.4) is 0 Å². The SMILES string of the molecule is C=CCNCCn1cnc2ccc(Br)cc2c1=O. The summed E-state index contributed by atoms with van der Waals surface area (Å²) >= 11 is 3.36. The smallest absolute Gasteiger partial charge is 0.261 e. The molecule has 0 radical (unpaired) electrons. The van der Waals surface area contributed by atoms with E-state index in [4.69, 9.17) is 0 Å². The minimum Gasteiger partial charge on any atom is -0.312 e. The van der Waals surface area contributed by atoms with Crippen molar-refractivity contribution < 1.29 is 0 Å². The van der Waals surface area contributed by atoms with Gasteiger partial charge in [-0.05, 0) is 18.2 Å². The first-order chi connectivity index (χ1) is 8.72. The van der Waals surface area contributed by atoms with E-state index >= 15 is 0 Å². The van der Waals surface area contributed by atoms with Crippen molar-refractivity contribution in [2.45, 2.75) is 6.54 Å². The predicted octanol–water partition coefficient (Wildman–Crippen LogP) is 1.93. The second-order valence-electron chi connectivity index (χ2n) is 3.90. The van der Waals surface area contributed by atoms with Crippen LogP contribution in [-0.4, -0.2) is 22.6 Å². The fourth-order valence-corrected chi connectivity index (χ4v) is 2.06. The average Bonchev–Trinajstić information content (AvgIpc) is 2.38. The predicted molar refractivity (Wildman–Crippen MR) is 76.8 cm³/mol. The third-order valence-electron chi connectivity index (χ3n) is 2.60. The molecule has 1 heterocycles. The second kappa shape index (κ2) is 5.93. The quantitative estimate of drug-likeness (QED) is 0.678. The van der Waals surface area contributed by atoms with Gasteiger partial charge in [0.25, 0.3) is 5.56 Å². The minimum absolute atomic E-state index is 0.0123. The molecule has 0 aliphatic rings. The van der Waals surface area contributed by atoms with Gasteiger partial charge in [-0.15, -0.1) is 6.58 Å². The van der Waals surface area contributed by atoms with Gasteiger partial charge in [0.15, 0.2) is 0 Å². The first-order valence-corrected chi connectivity index (χ1v) is 6.48. The molecular weight excluding hydrogens is 294 g/mol. The van der Waals surface area contributed by atoms with E-state index in [-0.39, 0.29) is 5.56 Å². The Hall–Kier alpha value is -1.46. The molecule has 0 saturated carbocycles. The number of rotatable bonds is 5. The van der Waals surface area contributed by atoms with Gasteiger partial charge in [-0.3, -0.25) is 9.36 Å². The van der Waals surface area contributed by atoms with Crippen molar-refractivity contribution in [1.29, 1.82) is 0 Å². The van der Waals surface area contributed by atoms with E-state index in [1.54, 1.807) is 23.0 Å². The summed E-state index contributed by atoms with van der Waals surface area (Å²) in [5.41, 5.74) is 0.709. The van der Waals surface area contributed by atoms with Crippen LogP contribution in [0.2, 0.25) is 0 Å². The van der Waals surface area contributed by atoms with Gasteiger partial charge in [0.2, 0.25) is 0 Å². The maximum absolute atomic E-state index is 12.2. The van der Waals surface area contributed by atoms with Crippen molar-refractivity contribution in [1.82, 2.24) is 14.9 Å². The van der Waals surface area contributed by atoms with Gasteiger partial charge in [-0.2, -0.15) is 0 Å². The van der Waals surface area contributed by atoms with Crippen molar-refractivity contribution in [2.24, 2.45) is 0 Å². The first-order valence-electron chi connectivity index (χ1n) is 5.68. The number of aromatic nitrogens is 2. The first kappa shape index (κ1) is 13.0. The molecule has 5 heteroatoms. The van der Waals surface area contributed by atoms with Gasteiger partial charge >= 0.3 is 0 Å². The van der Waals surface area contributed by atoms with Crippen LogP contribution in [0.25, 0.3) is 10.9 Å². The number of halogens is 1. The normalized spacial score (nSPS) is 10.7. The average molecular weight is 308 g/mol. The van der Waals surface area contributed by atoms with Crippen LogP contribution in [0.4, 0.5) is 0 Å². The van der Waals surface area contributed by atoms with Gasteiger partial charge in [0, 0.05) is 24.1 Å². The number of nitrogens with zero attached hydrogens (tertiary/aromatic N) is 2. The highest BCUT2D eigenvalue weighted by Gasteiger charge is 2.04. The monoisotopic (exact) mass is 307 g/mol. The molecule has 94 valence electrons. The lowest BCUT2D eigenvalue weighted by atomic mass is 10.2. The molecule has 0 bridgehead atoms. The molecule has 1 N–H and O–H groups in total. The zero-order valence-electron chi connectivity index (χ0n) is 9.90. The molecule has 0 unspecified atom stereocenters. The van der Waals surface area contributed by atoms with Gasteiger partial charge in [0.05, 0.1) is 17.2 Å². The van der Waals surface area contributed by atoms with Gasteiger partial charge in [0.1, 0.15) is 0 Å². The fraction of sp³-hybridized carbons (Fsp3) is 0.231. The molecule has 0 atom stereocenters. The maximum Gasteiger partial charge on any atom is 0.261 e. The standard InChI is InChI=1S/C13H14BrN3O/c1-2-5-15-6-7-17-9-16-12-4-3-10(14)8-11(12)13(17)18/h2-4,8-9,15H,1,5-7H2. The van der Waals surface area contributed by atoms with Gasteiger partial charge < -0.3 is 5.32 Å². The van der Waals surface area contributed by atoms with E-state index < -0.39 is 0 Å². The van der Waals surface area contributed by atoms with E-state index in [0.29, 0.717) is 18.5 Å². The zero-order valence-corrected chi connectivity index (χ0v) is 11.5. The molecule has 0 saturated heterocycles. The highest BCUT2D eigenvalue weighted by atomic mass is 79.9. The summed E-state index contributed by atoms with van der Waals surface area (Å²) in [6.07, 6.45) is 3.38. The second-order valence-corrected chi connectivity index (χ2v) is 4.81. The van der Waals surface area contributed by atoms with Crippen molar-refractivity contribution in [2.75, 3.05) is 13.1 Å². The maximum atomic E-state index is 12.2. The number of hydrogen-bond donors (Lipinski definition) is 1. The lowest BCUT2D eigenvalue weighted by molar-refractivity contribution is 0.606. The summed E-state index contributed by atoms with van der Waals surface area (Å²) in [6.45, 7) is 5.68. The third kappa shape index (κ3) is 2.86. The van der Waals surface area contributed by atoms with E-state index in [9.17, 15) is 4.79 Å². The third-order valence-corrected chi connectivity index (χ3v) is 3.10. The van der Waals surface area contributed by atoms with E-state index in [1.807, 2.05) is 12.1 Å². The van der Waals surface area contributed by atoms with Crippen molar-refractivity contribution in [3.8, 4) is 0 Å². The lowest BCUT2D eigenvalue weighted by Gasteiger charge is -2.07. The van der Waals surface area contributed by atoms with E-state index in [0.717, 1.165) is 16.5 Å². The van der Waals surface area contributed by atoms with E-state index in [2.05, 4.69) is 32.8 Å². The van der Waals surface area contributed by atoms with Crippen molar-refractivity contribution in [3.05, 3.63) is 52.0 Å². The molecule has 18 heavy (non-hydrogen) atoms. The molecule has 1 aromatic heterocycles. The van der Waals surface area contributed by atoms with Gasteiger partial charge in [-0.25, -0.2) is 4.98 Å². The van der Waals surface area contributed by atoms with E-state index in [1.165, 1.54) is 0 Å². The molecule has 2 rings (SSSR count). The van der Waals surface area contributed by atoms with Crippen molar-refractivity contribution >= 4 is 26.8 Å². The summed E-state index contributed by atoms with van der Waals surface area (Å²) in [6, 6.07) is 5.52. The minimum atomic E-state index is -0.0123. The molecule has 1 aromatic carbocycles.